The third-order valence-electron chi connectivity index (χ3n) is 3.08. The summed E-state index contributed by atoms with van der Waals surface area (Å²) in [5, 5.41) is 0.511. The second-order valence-electron chi connectivity index (χ2n) is 4.84. The number of benzene rings is 1. The van der Waals surface area contributed by atoms with E-state index in [0.717, 1.165) is 27.0 Å². The highest BCUT2D eigenvalue weighted by Crippen LogP contribution is 2.33. The molecule has 106 valence electrons. The van der Waals surface area contributed by atoms with E-state index >= 15 is 0 Å². The van der Waals surface area contributed by atoms with E-state index < -0.39 is 0 Å². The number of ether oxygens (including phenoxy) is 1. The van der Waals surface area contributed by atoms with Crippen molar-refractivity contribution in [2.24, 2.45) is 0 Å². The van der Waals surface area contributed by atoms with E-state index in [0.29, 0.717) is 16.9 Å². The standard InChI is InChI=1S/C15H16BrClN2O/c1-8(2)13-9(3)18-15(19-14(13)17)11-7-10(20-4)5-6-12(11)16/h5-8H,1-4H3. The van der Waals surface area contributed by atoms with Gasteiger partial charge in [0.05, 0.1) is 7.11 Å². The molecule has 0 amide bonds. The molecular weight excluding hydrogens is 340 g/mol. The Balaban J connectivity index is 2.59. The third-order valence-corrected chi connectivity index (χ3v) is 4.06. The van der Waals surface area contributed by atoms with Crippen LogP contribution in [0.1, 0.15) is 31.0 Å². The molecule has 0 unspecified atom stereocenters. The molecule has 0 aliphatic carbocycles. The van der Waals surface area contributed by atoms with Gasteiger partial charge in [-0.2, -0.15) is 0 Å². The number of aryl methyl sites for hydroxylation is 1. The fourth-order valence-electron chi connectivity index (χ4n) is 2.13. The van der Waals surface area contributed by atoms with E-state index in [9.17, 15) is 0 Å². The molecule has 0 N–H and O–H groups in total. The molecule has 1 aromatic heterocycles. The Morgan fingerprint density at radius 3 is 2.50 bits per heavy atom. The highest BCUT2D eigenvalue weighted by atomic mass is 79.9. The van der Waals surface area contributed by atoms with Crippen LogP contribution in [0.2, 0.25) is 5.15 Å². The summed E-state index contributed by atoms with van der Waals surface area (Å²) in [6.45, 7) is 6.12. The topological polar surface area (TPSA) is 35.0 Å². The van der Waals surface area contributed by atoms with Crippen molar-refractivity contribution < 1.29 is 4.74 Å². The molecule has 2 rings (SSSR count). The van der Waals surface area contributed by atoms with Crippen LogP contribution in [-0.2, 0) is 0 Å². The molecule has 2 aromatic rings. The van der Waals surface area contributed by atoms with Gasteiger partial charge < -0.3 is 4.74 Å². The minimum atomic E-state index is 0.297. The minimum absolute atomic E-state index is 0.297. The number of nitrogens with zero attached hydrogens (tertiary/aromatic N) is 2. The second-order valence-corrected chi connectivity index (χ2v) is 6.05. The fraction of sp³-hybridized carbons (Fsp3) is 0.333. The molecule has 0 aliphatic rings. The van der Waals surface area contributed by atoms with Gasteiger partial charge in [0.25, 0.3) is 0 Å². The van der Waals surface area contributed by atoms with E-state index in [1.807, 2.05) is 25.1 Å². The third kappa shape index (κ3) is 2.96. The van der Waals surface area contributed by atoms with Gasteiger partial charge in [0.15, 0.2) is 5.82 Å². The molecule has 20 heavy (non-hydrogen) atoms. The molecule has 0 atom stereocenters. The van der Waals surface area contributed by atoms with E-state index in [4.69, 9.17) is 16.3 Å². The zero-order chi connectivity index (χ0) is 14.9. The highest BCUT2D eigenvalue weighted by Gasteiger charge is 2.16. The van der Waals surface area contributed by atoms with Crippen LogP contribution >= 0.6 is 27.5 Å². The average molecular weight is 356 g/mol. The number of hydrogen-bond acceptors (Lipinski definition) is 3. The second kappa shape index (κ2) is 6.10. The van der Waals surface area contributed by atoms with Gasteiger partial charge in [-0.3, -0.25) is 0 Å². The maximum atomic E-state index is 6.31. The summed E-state index contributed by atoms with van der Waals surface area (Å²) in [5.74, 6) is 1.65. The maximum absolute atomic E-state index is 6.31. The van der Waals surface area contributed by atoms with E-state index in [1.165, 1.54) is 0 Å². The Kier molecular flexibility index (Phi) is 4.66. The molecule has 1 aromatic carbocycles. The number of aromatic nitrogens is 2. The predicted molar refractivity (Wildman–Crippen MR) is 85.6 cm³/mol. The Labute approximate surface area is 132 Å². The SMILES string of the molecule is COc1ccc(Br)c(-c2nc(C)c(C(C)C)c(Cl)n2)c1. The fourth-order valence-corrected chi connectivity index (χ4v) is 2.98. The Morgan fingerprint density at radius 2 is 1.95 bits per heavy atom. The van der Waals surface area contributed by atoms with Crippen LogP contribution in [0.3, 0.4) is 0 Å². The van der Waals surface area contributed by atoms with Crippen LogP contribution in [0, 0.1) is 6.92 Å². The highest BCUT2D eigenvalue weighted by molar-refractivity contribution is 9.10. The van der Waals surface area contributed by atoms with Crippen molar-refractivity contribution >= 4 is 27.5 Å². The summed E-state index contributed by atoms with van der Waals surface area (Å²) in [4.78, 5) is 9.01. The molecule has 0 radical (unpaired) electrons. The Morgan fingerprint density at radius 1 is 1.25 bits per heavy atom. The minimum Gasteiger partial charge on any atom is -0.497 e. The molecule has 0 saturated heterocycles. The first-order chi connectivity index (χ1) is 9.43. The molecule has 0 spiro atoms. The van der Waals surface area contributed by atoms with Crippen molar-refractivity contribution in [1.82, 2.24) is 9.97 Å². The lowest BCUT2D eigenvalue weighted by Gasteiger charge is -2.13. The first kappa shape index (κ1) is 15.3. The summed E-state index contributed by atoms with van der Waals surface area (Å²) in [7, 11) is 1.63. The molecule has 3 nitrogen and oxygen atoms in total. The van der Waals surface area contributed by atoms with E-state index in [2.05, 4.69) is 39.7 Å². The van der Waals surface area contributed by atoms with Crippen LogP contribution in [0.4, 0.5) is 0 Å². The number of methoxy groups -OCH3 is 1. The van der Waals surface area contributed by atoms with Crippen LogP contribution < -0.4 is 4.74 Å². The molecular formula is C15H16BrClN2O. The lowest BCUT2D eigenvalue weighted by molar-refractivity contribution is 0.415. The average Bonchev–Trinajstić information content (AvgIpc) is 2.37. The smallest absolute Gasteiger partial charge is 0.162 e. The zero-order valence-electron chi connectivity index (χ0n) is 11.9. The molecule has 0 saturated carbocycles. The first-order valence-corrected chi connectivity index (χ1v) is 7.49. The van der Waals surface area contributed by atoms with Gasteiger partial charge in [0, 0.05) is 21.3 Å². The van der Waals surface area contributed by atoms with E-state index in [1.54, 1.807) is 7.11 Å². The van der Waals surface area contributed by atoms with Crippen molar-refractivity contribution in [2.75, 3.05) is 7.11 Å². The van der Waals surface area contributed by atoms with Gasteiger partial charge in [-0.05, 0) is 31.0 Å². The van der Waals surface area contributed by atoms with Crippen LogP contribution in [-0.4, -0.2) is 17.1 Å². The lowest BCUT2D eigenvalue weighted by Crippen LogP contribution is -2.02. The van der Waals surface area contributed by atoms with Gasteiger partial charge in [-0.15, -0.1) is 0 Å². The van der Waals surface area contributed by atoms with Crippen LogP contribution in [0.25, 0.3) is 11.4 Å². The maximum Gasteiger partial charge on any atom is 0.162 e. The summed E-state index contributed by atoms with van der Waals surface area (Å²) in [6.07, 6.45) is 0. The van der Waals surface area contributed by atoms with Crippen molar-refractivity contribution in [3.63, 3.8) is 0 Å². The quantitative estimate of drug-likeness (QED) is 0.727. The van der Waals surface area contributed by atoms with Crippen molar-refractivity contribution in [3.05, 3.63) is 39.1 Å². The van der Waals surface area contributed by atoms with Crippen LogP contribution in [0.5, 0.6) is 5.75 Å². The largest absolute Gasteiger partial charge is 0.497 e. The molecule has 1 heterocycles. The summed E-state index contributed by atoms with van der Waals surface area (Å²) >= 11 is 9.82. The molecule has 0 fully saturated rings. The summed E-state index contributed by atoms with van der Waals surface area (Å²) in [5.41, 5.74) is 2.77. The Bertz CT molecular complexity index is 621. The van der Waals surface area contributed by atoms with Gasteiger partial charge >= 0.3 is 0 Å². The lowest BCUT2D eigenvalue weighted by atomic mass is 10.0. The van der Waals surface area contributed by atoms with Crippen LogP contribution in [0.15, 0.2) is 22.7 Å². The predicted octanol–water partition coefficient (Wildman–Crippen LogP) is 5.00. The number of halogens is 2. The van der Waals surface area contributed by atoms with Gasteiger partial charge in [-0.1, -0.05) is 41.4 Å². The molecule has 0 bridgehead atoms. The van der Waals surface area contributed by atoms with Gasteiger partial charge in [-0.25, -0.2) is 9.97 Å². The van der Waals surface area contributed by atoms with Crippen molar-refractivity contribution in [3.8, 4) is 17.1 Å². The Hall–Kier alpha value is -1.13. The van der Waals surface area contributed by atoms with Crippen molar-refractivity contribution in [2.45, 2.75) is 26.7 Å². The zero-order valence-corrected chi connectivity index (χ0v) is 14.2. The van der Waals surface area contributed by atoms with Crippen molar-refractivity contribution in [1.29, 1.82) is 0 Å². The summed E-state index contributed by atoms with van der Waals surface area (Å²) < 4.78 is 6.15. The normalized spacial score (nSPS) is 10.9. The number of hydrogen-bond donors (Lipinski definition) is 0. The molecule has 0 aliphatic heterocycles. The van der Waals surface area contributed by atoms with Gasteiger partial charge in [0.2, 0.25) is 0 Å². The summed E-state index contributed by atoms with van der Waals surface area (Å²) in [6, 6.07) is 5.69. The molecule has 5 heteroatoms. The number of rotatable bonds is 3. The first-order valence-electron chi connectivity index (χ1n) is 6.32. The van der Waals surface area contributed by atoms with E-state index in [-0.39, 0.29) is 0 Å². The monoisotopic (exact) mass is 354 g/mol. The van der Waals surface area contributed by atoms with Gasteiger partial charge in [0.1, 0.15) is 10.9 Å².